The van der Waals surface area contributed by atoms with Crippen LogP contribution in [0.25, 0.3) is 0 Å². The number of carbonyl (C=O) groups excluding carboxylic acids is 1. The Morgan fingerprint density at radius 3 is 3.00 bits per heavy atom. The van der Waals surface area contributed by atoms with Crippen LogP contribution < -0.4 is 4.74 Å². The fourth-order valence-electron chi connectivity index (χ4n) is 3.41. The monoisotopic (exact) mass is 304 g/mol. The van der Waals surface area contributed by atoms with Crippen molar-refractivity contribution in [2.45, 2.75) is 30.6 Å². The van der Waals surface area contributed by atoms with Crippen LogP contribution in [-0.4, -0.2) is 45.5 Å². The zero-order valence-corrected chi connectivity index (χ0v) is 13.0. The van der Waals surface area contributed by atoms with Gasteiger partial charge in [0, 0.05) is 37.4 Å². The summed E-state index contributed by atoms with van der Waals surface area (Å²) in [6, 6.07) is 3.85. The number of pyridine rings is 1. The summed E-state index contributed by atoms with van der Waals surface area (Å²) in [5.41, 5.74) is 0. The van der Waals surface area contributed by atoms with Crippen LogP contribution in [0.4, 0.5) is 0 Å². The second kappa shape index (κ2) is 4.90. The standard InChI is InChI=1S/C16H20N2O2S/c1-11-5-14(11)15(19)18-9-16(10-18)6-13(8-21-16)20-12-3-2-4-17-7-12/h2-4,7,11,13-14H,5-6,8-10H2,1H3/t11-,13-,14+/m1/s1. The van der Waals surface area contributed by atoms with Crippen molar-refractivity contribution in [2.75, 3.05) is 18.8 Å². The summed E-state index contributed by atoms with van der Waals surface area (Å²) in [5.74, 6) is 3.16. The summed E-state index contributed by atoms with van der Waals surface area (Å²) in [6.07, 6.45) is 5.89. The number of hydrogen-bond donors (Lipinski definition) is 0. The first-order chi connectivity index (χ1) is 10.2. The van der Waals surface area contributed by atoms with E-state index in [0.29, 0.717) is 17.7 Å². The van der Waals surface area contributed by atoms with Crippen molar-refractivity contribution in [1.29, 1.82) is 0 Å². The van der Waals surface area contributed by atoms with Gasteiger partial charge in [-0.15, -0.1) is 11.8 Å². The predicted octanol–water partition coefficient (Wildman–Crippen LogP) is 2.20. The van der Waals surface area contributed by atoms with E-state index < -0.39 is 0 Å². The van der Waals surface area contributed by atoms with Crippen LogP contribution in [0.2, 0.25) is 0 Å². The van der Waals surface area contributed by atoms with E-state index in [2.05, 4.69) is 11.9 Å². The van der Waals surface area contributed by atoms with Gasteiger partial charge in [0.15, 0.2) is 0 Å². The zero-order chi connectivity index (χ0) is 14.4. The van der Waals surface area contributed by atoms with Gasteiger partial charge in [0.1, 0.15) is 11.9 Å². The summed E-state index contributed by atoms with van der Waals surface area (Å²) in [4.78, 5) is 18.3. The lowest BCUT2D eigenvalue weighted by molar-refractivity contribution is -0.138. The third-order valence-corrected chi connectivity index (χ3v) is 6.38. The van der Waals surface area contributed by atoms with Crippen LogP contribution in [0.15, 0.2) is 24.5 Å². The van der Waals surface area contributed by atoms with Gasteiger partial charge in [0.25, 0.3) is 0 Å². The van der Waals surface area contributed by atoms with Gasteiger partial charge in [-0.2, -0.15) is 0 Å². The van der Waals surface area contributed by atoms with Crippen molar-refractivity contribution in [1.82, 2.24) is 9.88 Å². The van der Waals surface area contributed by atoms with Crippen molar-refractivity contribution in [3.05, 3.63) is 24.5 Å². The molecule has 2 aliphatic heterocycles. The van der Waals surface area contributed by atoms with Gasteiger partial charge in [-0.25, -0.2) is 0 Å². The van der Waals surface area contributed by atoms with Gasteiger partial charge in [0.05, 0.1) is 10.9 Å². The molecule has 5 heteroatoms. The molecule has 0 radical (unpaired) electrons. The molecule has 0 N–H and O–H groups in total. The van der Waals surface area contributed by atoms with Crippen molar-refractivity contribution < 1.29 is 9.53 Å². The fourth-order valence-corrected chi connectivity index (χ4v) is 4.94. The first-order valence-electron chi connectivity index (χ1n) is 7.65. The number of ether oxygens (including phenoxy) is 1. The summed E-state index contributed by atoms with van der Waals surface area (Å²) >= 11 is 1.97. The first-order valence-corrected chi connectivity index (χ1v) is 8.63. The molecule has 4 nitrogen and oxygen atoms in total. The Kier molecular flexibility index (Phi) is 3.14. The number of thioether (sulfide) groups is 1. The topological polar surface area (TPSA) is 42.4 Å². The number of rotatable bonds is 3. The molecule has 1 saturated carbocycles. The van der Waals surface area contributed by atoms with Crippen LogP contribution in [-0.2, 0) is 4.79 Å². The van der Waals surface area contributed by atoms with E-state index in [1.807, 2.05) is 28.8 Å². The largest absolute Gasteiger partial charge is 0.488 e. The van der Waals surface area contributed by atoms with Gasteiger partial charge in [-0.3, -0.25) is 9.78 Å². The Bertz CT molecular complexity index is 544. The molecule has 1 aliphatic carbocycles. The minimum absolute atomic E-state index is 0.247. The van der Waals surface area contributed by atoms with E-state index in [1.165, 1.54) is 0 Å². The van der Waals surface area contributed by atoms with E-state index in [9.17, 15) is 4.79 Å². The third-order valence-electron chi connectivity index (χ3n) is 4.81. The molecule has 0 unspecified atom stereocenters. The summed E-state index contributed by atoms with van der Waals surface area (Å²) in [6.45, 7) is 3.99. The maximum atomic E-state index is 12.2. The third kappa shape index (κ3) is 2.52. The highest BCUT2D eigenvalue weighted by Gasteiger charge is 2.54. The Labute approximate surface area is 129 Å². The van der Waals surface area contributed by atoms with Crippen LogP contribution in [0.1, 0.15) is 19.8 Å². The molecule has 112 valence electrons. The maximum absolute atomic E-state index is 12.2. The van der Waals surface area contributed by atoms with Gasteiger partial charge in [0.2, 0.25) is 5.91 Å². The molecule has 3 heterocycles. The normalized spacial score (nSPS) is 32.8. The number of amides is 1. The van der Waals surface area contributed by atoms with Gasteiger partial charge >= 0.3 is 0 Å². The molecular formula is C16H20N2O2S. The Hall–Kier alpha value is -1.23. The molecule has 3 atom stereocenters. The second-order valence-electron chi connectivity index (χ2n) is 6.64. The molecular weight excluding hydrogens is 284 g/mol. The van der Waals surface area contributed by atoms with E-state index in [-0.39, 0.29) is 10.9 Å². The molecule has 0 aromatic carbocycles. The van der Waals surface area contributed by atoms with Crippen LogP contribution in [0, 0.1) is 11.8 Å². The number of hydrogen-bond acceptors (Lipinski definition) is 4. The molecule has 1 aromatic rings. The highest BCUT2D eigenvalue weighted by Crippen LogP contribution is 2.48. The van der Waals surface area contributed by atoms with E-state index in [0.717, 1.165) is 37.4 Å². The number of likely N-dealkylation sites (tertiary alicyclic amines) is 1. The number of carbonyl (C=O) groups is 1. The van der Waals surface area contributed by atoms with Crippen LogP contribution in [0.3, 0.4) is 0 Å². The minimum Gasteiger partial charge on any atom is -0.488 e. The molecule has 1 amide bonds. The van der Waals surface area contributed by atoms with Crippen molar-refractivity contribution in [2.24, 2.45) is 11.8 Å². The lowest BCUT2D eigenvalue weighted by Gasteiger charge is -2.47. The molecule has 2 saturated heterocycles. The fraction of sp³-hybridized carbons (Fsp3) is 0.625. The molecule has 4 rings (SSSR count). The summed E-state index contributed by atoms with van der Waals surface area (Å²) in [7, 11) is 0. The Balaban J connectivity index is 1.30. The summed E-state index contributed by atoms with van der Waals surface area (Å²) < 4.78 is 6.24. The highest BCUT2D eigenvalue weighted by molar-refractivity contribution is 8.01. The highest BCUT2D eigenvalue weighted by atomic mass is 32.2. The van der Waals surface area contributed by atoms with E-state index in [1.54, 1.807) is 12.4 Å². The Morgan fingerprint density at radius 2 is 2.33 bits per heavy atom. The molecule has 1 aromatic heterocycles. The molecule has 21 heavy (non-hydrogen) atoms. The van der Waals surface area contributed by atoms with Crippen LogP contribution in [0.5, 0.6) is 5.75 Å². The smallest absolute Gasteiger partial charge is 0.226 e. The lowest BCUT2D eigenvalue weighted by atomic mass is 9.92. The van der Waals surface area contributed by atoms with Crippen molar-refractivity contribution in [3.63, 3.8) is 0 Å². The number of nitrogens with zero attached hydrogens (tertiary/aromatic N) is 2. The molecule has 0 bridgehead atoms. The average molecular weight is 304 g/mol. The van der Waals surface area contributed by atoms with Crippen LogP contribution >= 0.6 is 11.8 Å². The average Bonchev–Trinajstić information content (AvgIpc) is 3.03. The first kappa shape index (κ1) is 13.4. The maximum Gasteiger partial charge on any atom is 0.226 e. The lowest BCUT2D eigenvalue weighted by Crippen LogP contribution is -2.61. The van der Waals surface area contributed by atoms with Gasteiger partial charge in [-0.05, 0) is 24.5 Å². The SMILES string of the molecule is C[C@@H]1C[C@@H]1C(=O)N1CC2(C[C@@H](Oc3cccnc3)CS2)C1. The minimum atomic E-state index is 0.247. The van der Waals surface area contributed by atoms with Crippen molar-refractivity contribution >= 4 is 17.7 Å². The molecule has 1 spiro atoms. The van der Waals surface area contributed by atoms with Crippen molar-refractivity contribution in [3.8, 4) is 5.75 Å². The van der Waals surface area contributed by atoms with E-state index >= 15 is 0 Å². The quantitative estimate of drug-likeness (QED) is 0.858. The predicted molar refractivity (Wildman–Crippen MR) is 82.3 cm³/mol. The summed E-state index contributed by atoms with van der Waals surface area (Å²) in [5, 5.41) is 0. The second-order valence-corrected chi connectivity index (χ2v) is 8.13. The number of aromatic nitrogens is 1. The zero-order valence-electron chi connectivity index (χ0n) is 12.2. The molecule has 3 aliphatic rings. The van der Waals surface area contributed by atoms with Gasteiger partial charge in [-0.1, -0.05) is 6.92 Å². The van der Waals surface area contributed by atoms with Gasteiger partial charge < -0.3 is 9.64 Å². The van der Waals surface area contributed by atoms with E-state index in [4.69, 9.17) is 4.74 Å². The Morgan fingerprint density at radius 1 is 1.52 bits per heavy atom. The molecule has 3 fully saturated rings.